The molecule has 0 bridgehead atoms. The lowest BCUT2D eigenvalue weighted by molar-refractivity contribution is -0.117. The van der Waals surface area contributed by atoms with Gasteiger partial charge in [-0.2, -0.15) is 0 Å². The van der Waals surface area contributed by atoms with E-state index in [4.69, 9.17) is 5.73 Å². The van der Waals surface area contributed by atoms with Gasteiger partial charge in [0, 0.05) is 12.1 Å². The van der Waals surface area contributed by atoms with E-state index in [2.05, 4.69) is 11.9 Å². The molecule has 0 aliphatic carbocycles. The van der Waals surface area contributed by atoms with Crippen LogP contribution in [0.1, 0.15) is 32.6 Å². The predicted molar refractivity (Wildman–Crippen MR) is 55.3 cm³/mol. The zero-order chi connectivity index (χ0) is 10.1. The lowest BCUT2D eigenvalue weighted by atomic mass is 10.2. The average molecular weight is 184 g/mol. The molecule has 0 saturated heterocycles. The molecule has 0 atom stereocenters. The van der Waals surface area contributed by atoms with Crippen molar-refractivity contribution in [2.75, 3.05) is 13.1 Å². The summed E-state index contributed by atoms with van der Waals surface area (Å²) in [4.78, 5) is 11.0. The smallest absolute Gasteiger partial charge is 0.246 e. The third-order valence-corrected chi connectivity index (χ3v) is 1.80. The fraction of sp³-hybridized carbons (Fsp3) is 0.700. The number of hydrogen-bond donors (Lipinski definition) is 2. The van der Waals surface area contributed by atoms with Crippen LogP contribution in [0.2, 0.25) is 0 Å². The highest BCUT2D eigenvalue weighted by Crippen LogP contribution is 1.97. The number of rotatable bonds is 7. The van der Waals surface area contributed by atoms with E-state index in [1.165, 1.54) is 0 Å². The van der Waals surface area contributed by atoms with Crippen molar-refractivity contribution < 1.29 is 4.79 Å². The van der Waals surface area contributed by atoms with Gasteiger partial charge in [-0.1, -0.05) is 19.4 Å². The van der Waals surface area contributed by atoms with Crippen molar-refractivity contribution in [2.45, 2.75) is 32.6 Å². The monoisotopic (exact) mass is 184 g/mol. The molecule has 0 radical (unpaired) electrons. The summed E-state index contributed by atoms with van der Waals surface area (Å²) >= 11 is 0. The Morgan fingerprint density at radius 3 is 2.46 bits per heavy atom. The Hall–Kier alpha value is -0.830. The van der Waals surface area contributed by atoms with Gasteiger partial charge in [-0.15, -0.1) is 0 Å². The highest BCUT2D eigenvalue weighted by molar-refractivity contribution is 5.91. The second kappa shape index (κ2) is 7.80. The van der Waals surface area contributed by atoms with Crippen LogP contribution in [0, 0.1) is 0 Å². The van der Waals surface area contributed by atoms with Crippen LogP contribution in [0.15, 0.2) is 12.2 Å². The maximum Gasteiger partial charge on any atom is 0.246 e. The number of unbranched alkanes of at least 4 members (excludes halogenated alkanes) is 3. The van der Waals surface area contributed by atoms with Crippen LogP contribution in [-0.2, 0) is 4.79 Å². The summed E-state index contributed by atoms with van der Waals surface area (Å²) in [6, 6.07) is 0. The second-order valence-electron chi connectivity index (χ2n) is 3.24. The molecule has 0 aliphatic heterocycles. The third-order valence-electron chi connectivity index (χ3n) is 1.80. The van der Waals surface area contributed by atoms with Crippen LogP contribution in [-0.4, -0.2) is 19.0 Å². The van der Waals surface area contributed by atoms with Gasteiger partial charge in [0.2, 0.25) is 5.91 Å². The molecule has 0 aromatic rings. The molecule has 3 N–H and O–H groups in total. The van der Waals surface area contributed by atoms with Crippen molar-refractivity contribution in [1.29, 1.82) is 0 Å². The molecule has 0 rings (SSSR count). The maximum atomic E-state index is 11.0. The molecule has 0 heterocycles. The van der Waals surface area contributed by atoms with E-state index in [0.29, 0.717) is 5.57 Å². The summed E-state index contributed by atoms with van der Waals surface area (Å²) in [5.41, 5.74) is 5.92. The summed E-state index contributed by atoms with van der Waals surface area (Å²) in [6.45, 7) is 6.78. The van der Waals surface area contributed by atoms with Crippen LogP contribution in [0.25, 0.3) is 0 Å². The summed E-state index contributed by atoms with van der Waals surface area (Å²) in [5, 5.41) is 2.79. The van der Waals surface area contributed by atoms with E-state index < -0.39 is 0 Å². The van der Waals surface area contributed by atoms with Gasteiger partial charge in [0.25, 0.3) is 0 Å². The molecule has 0 unspecified atom stereocenters. The van der Waals surface area contributed by atoms with Crippen molar-refractivity contribution in [3.63, 3.8) is 0 Å². The molecule has 3 nitrogen and oxygen atoms in total. The van der Waals surface area contributed by atoms with Crippen LogP contribution >= 0.6 is 0 Å². The Kier molecular flexibility index (Phi) is 7.30. The molecule has 0 spiro atoms. The average Bonchev–Trinajstić information content (AvgIpc) is 2.10. The van der Waals surface area contributed by atoms with Crippen molar-refractivity contribution in [1.82, 2.24) is 5.32 Å². The van der Waals surface area contributed by atoms with E-state index in [9.17, 15) is 4.79 Å². The number of carbonyl (C=O) groups is 1. The third kappa shape index (κ3) is 7.53. The molecule has 1 amide bonds. The van der Waals surface area contributed by atoms with Gasteiger partial charge in [-0.05, 0) is 26.3 Å². The van der Waals surface area contributed by atoms with Gasteiger partial charge in [-0.25, -0.2) is 0 Å². The quantitative estimate of drug-likeness (QED) is 0.461. The molecular formula is C10H20N2O. The number of nitrogens with two attached hydrogens (primary N) is 1. The van der Waals surface area contributed by atoms with Gasteiger partial charge in [0.1, 0.15) is 0 Å². The number of carbonyl (C=O) groups excluding carboxylic acids is 1. The van der Waals surface area contributed by atoms with E-state index in [-0.39, 0.29) is 5.91 Å². The van der Waals surface area contributed by atoms with Gasteiger partial charge in [0.05, 0.1) is 0 Å². The molecule has 0 fully saturated rings. The number of hydrogen-bond acceptors (Lipinski definition) is 2. The summed E-state index contributed by atoms with van der Waals surface area (Å²) < 4.78 is 0. The molecule has 13 heavy (non-hydrogen) atoms. The van der Waals surface area contributed by atoms with Crippen molar-refractivity contribution in [2.24, 2.45) is 5.73 Å². The summed E-state index contributed by atoms with van der Waals surface area (Å²) in [6.07, 6.45) is 4.39. The highest BCUT2D eigenvalue weighted by atomic mass is 16.1. The molecule has 0 aromatic carbocycles. The van der Waals surface area contributed by atoms with Crippen molar-refractivity contribution in [3.05, 3.63) is 12.2 Å². The zero-order valence-corrected chi connectivity index (χ0v) is 8.44. The normalized spacial score (nSPS) is 9.69. The van der Waals surface area contributed by atoms with E-state index >= 15 is 0 Å². The van der Waals surface area contributed by atoms with Crippen LogP contribution in [0.4, 0.5) is 0 Å². The standard InChI is InChI=1S/C10H20N2O/c1-9(2)10(13)12-8-6-4-3-5-7-11/h1,3-8,11H2,2H3,(H,12,13). The lowest BCUT2D eigenvalue weighted by Crippen LogP contribution is -2.24. The first-order valence-electron chi connectivity index (χ1n) is 4.82. The first-order chi connectivity index (χ1) is 6.18. The van der Waals surface area contributed by atoms with Crippen molar-refractivity contribution >= 4 is 5.91 Å². The maximum absolute atomic E-state index is 11.0. The Balaban J connectivity index is 3.16. The molecular weight excluding hydrogens is 164 g/mol. The molecule has 0 aromatic heterocycles. The SMILES string of the molecule is C=C(C)C(=O)NCCCCCCN. The van der Waals surface area contributed by atoms with Crippen LogP contribution in [0.3, 0.4) is 0 Å². The largest absolute Gasteiger partial charge is 0.352 e. The number of amides is 1. The predicted octanol–water partition coefficient (Wildman–Crippen LogP) is 1.20. The minimum atomic E-state index is -0.0428. The minimum absolute atomic E-state index is 0.0428. The summed E-state index contributed by atoms with van der Waals surface area (Å²) in [7, 11) is 0. The van der Waals surface area contributed by atoms with Gasteiger partial charge in [-0.3, -0.25) is 4.79 Å². The van der Waals surface area contributed by atoms with Gasteiger partial charge >= 0.3 is 0 Å². The molecule has 76 valence electrons. The lowest BCUT2D eigenvalue weighted by Gasteiger charge is -2.03. The van der Waals surface area contributed by atoms with E-state index in [1.54, 1.807) is 6.92 Å². The fourth-order valence-corrected chi connectivity index (χ4v) is 0.976. The highest BCUT2D eigenvalue weighted by Gasteiger charge is 1.98. The fourth-order valence-electron chi connectivity index (χ4n) is 0.976. The number of nitrogens with one attached hydrogen (secondary N) is 1. The second-order valence-corrected chi connectivity index (χ2v) is 3.24. The minimum Gasteiger partial charge on any atom is -0.352 e. The summed E-state index contributed by atoms with van der Waals surface area (Å²) in [5.74, 6) is -0.0428. The van der Waals surface area contributed by atoms with Crippen LogP contribution < -0.4 is 11.1 Å². The van der Waals surface area contributed by atoms with E-state index in [0.717, 1.165) is 38.8 Å². The Bertz CT molecular complexity index is 166. The Morgan fingerprint density at radius 2 is 1.92 bits per heavy atom. The molecule has 0 aliphatic rings. The first-order valence-corrected chi connectivity index (χ1v) is 4.82. The van der Waals surface area contributed by atoms with Gasteiger partial charge in [0.15, 0.2) is 0 Å². The van der Waals surface area contributed by atoms with E-state index in [1.807, 2.05) is 0 Å². The Labute approximate surface area is 80.4 Å². The first kappa shape index (κ1) is 12.2. The molecule has 3 heteroatoms. The Morgan fingerprint density at radius 1 is 1.31 bits per heavy atom. The topological polar surface area (TPSA) is 55.1 Å². The molecule has 0 saturated carbocycles. The van der Waals surface area contributed by atoms with Crippen LogP contribution in [0.5, 0.6) is 0 Å². The van der Waals surface area contributed by atoms with Crippen molar-refractivity contribution in [3.8, 4) is 0 Å². The zero-order valence-electron chi connectivity index (χ0n) is 8.44. The van der Waals surface area contributed by atoms with Gasteiger partial charge < -0.3 is 11.1 Å².